The van der Waals surface area contributed by atoms with Crippen molar-refractivity contribution in [2.75, 3.05) is 25.0 Å². The van der Waals surface area contributed by atoms with Gasteiger partial charge in [-0.3, -0.25) is 9.59 Å². The molecular weight excluding hydrogens is 406 g/mol. The highest BCUT2D eigenvalue weighted by molar-refractivity contribution is 7.90. The molecule has 1 aliphatic heterocycles. The molecule has 1 aromatic carbocycles. The van der Waals surface area contributed by atoms with Crippen molar-refractivity contribution in [2.45, 2.75) is 64.4 Å². The van der Waals surface area contributed by atoms with Crippen LogP contribution in [0.2, 0.25) is 0 Å². The van der Waals surface area contributed by atoms with Crippen molar-refractivity contribution in [1.29, 1.82) is 0 Å². The van der Waals surface area contributed by atoms with Crippen LogP contribution in [0.25, 0.3) is 0 Å². The fourth-order valence-electron chi connectivity index (χ4n) is 3.27. The number of sulfonamides is 1. The second-order valence-corrected chi connectivity index (χ2v) is 10.4. The van der Waals surface area contributed by atoms with Crippen molar-refractivity contribution in [3.05, 3.63) is 29.8 Å². The number of hydrogen-bond donors (Lipinski definition) is 2. The van der Waals surface area contributed by atoms with Crippen LogP contribution in [-0.2, 0) is 19.6 Å². The molecule has 0 radical (unpaired) electrons. The maximum absolute atomic E-state index is 12.8. The first-order chi connectivity index (χ1) is 14.1. The van der Waals surface area contributed by atoms with Crippen molar-refractivity contribution in [1.82, 2.24) is 9.62 Å². The molecule has 1 aliphatic rings. The molecule has 0 aliphatic carbocycles. The molecule has 0 aromatic heterocycles. The third-order valence-corrected chi connectivity index (χ3v) is 6.70. The summed E-state index contributed by atoms with van der Waals surface area (Å²) in [5.74, 6) is -0.245. The standard InChI is InChI=1S/C21H33N3O5S/c1-15(2)30(27,28)22-11-6-5-10-20(25)23-19-9-7-8-18(12-19)21(26)24-13-16(3)29-17(4)14-24/h7-9,12,15-17,22H,5-6,10-11,13-14H2,1-4H3,(H,23,25)/t16-,17+. The fraction of sp³-hybridized carbons (Fsp3) is 0.619. The Hall–Kier alpha value is -1.97. The third-order valence-electron chi connectivity index (χ3n) is 4.85. The third kappa shape index (κ3) is 7.37. The number of amides is 2. The minimum Gasteiger partial charge on any atom is -0.372 e. The number of rotatable bonds is 9. The molecular formula is C21H33N3O5S. The summed E-state index contributed by atoms with van der Waals surface area (Å²) in [7, 11) is -3.27. The number of benzene rings is 1. The van der Waals surface area contributed by atoms with Crippen molar-refractivity contribution in [2.24, 2.45) is 0 Å². The maximum atomic E-state index is 12.8. The lowest BCUT2D eigenvalue weighted by atomic mass is 10.1. The Balaban J connectivity index is 1.82. The highest BCUT2D eigenvalue weighted by Gasteiger charge is 2.26. The molecule has 30 heavy (non-hydrogen) atoms. The van der Waals surface area contributed by atoms with Crippen LogP contribution in [0.4, 0.5) is 5.69 Å². The normalized spacial score (nSPS) is 19.7. The molecule has 8 nitrogen and oxygen atoms in total. The van der Waals surface area contributed by atoms with E-state index in [9.17, 15) is 18.0 Å². The quantitative estimate of drug-likeness (QED) is 0.575. The van der Waals surface area contributed by atoms with Crippen LogP contribution in [0.15, 0.2) is 24.3 Å². The van der Waals surface area contributed by atoms with Crippen molar-refractivity contribution >= 4 is 27.5 Å². The number of carbonyl (C=O) groups excluding carboxylic acids is 2. The van der Waals surface area contributed by atoms with Gasteiger partial charge in [-0.25, -0.2) is 13.1 Å². The van der Waals surface area contributed by atoms with E-state index in [0.29, 0.717) is 43.7 Å². The zero-order chi connectivity index (χ0) is 22.3. The zero-order valence-corrected chi connectivity index (χ0v) is 19.0. The summed E-state index contributed by atoms with van der Waals surface area (Å²) in [6, 6.07) is 6.91. The average molecular weight is 440 g/mol. The van der Waals surface area contributed by atoms with Crippen LogP contribution in [0.5, 0.6) is 0 Å². The summed E-state index contributed by atoms with van der Waals surface area (Å²) in [5, 5.41) is 2.34. The molecule has 1 saturated heterocycles. The number of hydrogen-bond acceptors (Lipinski definition) is 5. The molecule has 2 N–H and O–H groups in total. The summed E-state index contributed by atoms with van der Waals surface area (Å²) >= 11 is 0. The van der Waals surface area contributed by atoms with Gasteiger partial charge in [-0.05, 0) is 58.7 Å². The molecule has 2 amide bonds. The van der Waals surface area contributed by atoms with Crippen LogP contribution < -0.4 is 10.0 Å². The number of ether oxygens (including phenoxy) is 1. The van der Waals surface area contributed by atoms with Crippen LogP contribution in [0.1, 0.15) is 57.3 Å². The van der Waals surface area contributed by atoms with E-state index in [2.05, 4.69) is 10.0 Å². The summed E-state index contributed by atoms with van der Waals surface area (Å²) in [6.07, 6.45) is 1.40. The van der Waals surface area contributed by atoms with E-state index in [-0.39, 0.29) is 30.4 Å². The second-order valence-electron chi connectivity index (χ2n) is 8.04. The predicted molar refractivity (Wildman–Crippen MR) is 117 cm³/mol. The van der Waals surface area contributed by atoms with Crippen LogP contribution in [0, 0.1) is 0 Å². The van der Waals surface area contributed by atoms with E-state index >= 15 is 0 Å². The van der Waals surface area contributed by atoms with Crippen LogP contribution in [-0.4, -0.2) is 62.2 Å². The Morgan fingerprint density at radius 3 is 2.47 bits per heavy atom. The SMILES string of the molecule is CC(C)S(=O)(=O)NCCCCC(=O)Nc1cccc(C(=O)N2C[C@@H](C)O[C@@H](C)C2)c1. The smallest absolute Gasteiger partial charge is 0.254 e. The monoisotopic (exact) mass is 439 g/mol. The number of carbonyl (C=O) groups is 2. The number of morpholine rings is 1. The van der Waals surface area contributed by atoms with E-state index in [4.69, 9.17) is 4.74 Å². The number of nitrogens with zero attached hydrogens (tertiary/aromatic N) is 1. The Morgan fingerprint density at radius 2 is 1.83 bits per heavy atom. The predicted octanol–water partition coefficient (Wildman–Crippen LogP) is 2.37. The fourth-order valence-corrected chi connectivity index (χ4v) is 4.03. The highest BCUT2D eigenvalue weighted by Crippen LogP contribution is 2.17. The molecule has 9 heteroatoms. The molecule has 2 rings (SSSR count). The van der Waals surface area contributed by atoms with Crippen LogP contribution >= 0.6 is 0 Å². The van der Waals surface area contributed by atoms with Gasteiger partial charge in [0.05, 0.1) is 17.5 Å². The topological polar surface area (TPSA) is 105 Å². The zero-order valence-electron chi connectivity index (χ0n) is 18.2. The van der Waals surface area contributed by atoms with Crippen molar-refractivity contribution in [3.63, 3.8) is 0 Å². The van der Waals surface area contributed by atoms with Gasteiger partial charge in [0, 0.05) is 37.3 Å². The molecule has 2 atom stereocenters. The van der Waals surface area contributed by atoms with E-state index in [1.807, 2.05) is 13.8 Å². The molecule has 0 unspecified atom stereocenters. The average Bonchev–Trinajstić information content (AvgIpc) is 2.66. The Kier molecular flexibility index (Phi) is 8.81. The number of anilines is 1. The Labute approximate surface area is 179 Å². The van der Waals surface area contributed by atoms with Gasteiger partial charge >= 0.3 is 0 Å². The van der Waals surface area contributed by atoms with Gasteiger partial charge in [0.25, 0.3) is 5.91 Å². The number of unbranched alkanes of at least 4 members (excludes halogenated alkanes) is 1. The maximum Gasteiger partial charge on any atom is 0.254 e. The lowest BCUT2D eigenvalue weighted by molar-refractivity contribution is -0.116. The Morgan fingerprint density at radius 1 is 1.17 bits per heavy atom. The minimum atomic E-state index is -3.27. The largest absolute Gasteiger partial charge is 0.372 e. The molecule has 0 bridgehead atoms. The molecule has 1 heterocycles. The summed E-state index contributed by atoms with van der Waals surface area (Å²) in [5.41, 5.74) is 1.10. The molecule has 0 saturated carbocycles. The highest BCUT2D eigenvalue weighted by atomic mass is 32.2. The first-order valence-electron chi connectivity index (χ1n) is 10.4. The van der Waals surface area contributed by atoms with Gasteiger partial charge in [-0.2, -0.15) is 0 Å². The second kappa shape index (κ2) is 10.9. The lowest BCUT2D eigenvalue weighted by Crippen LogP contribution is -2.48. The van der Waals surface area contributed by atoms with E-state index < -0.39 is 15.3 Å². The van der Waals surface area contributed by atoms with Gasteiger partial charge < -0.3 is 15.0 Å². The number of nitrogens with one attached hydrogen (secondary N) is 2. The van der Waals surface area contributed by atoms with Gasteiger partial charge in [0.15, 0.2) is 0 Å². The lowest BCUT2D eigenvalue weighted by Gasteiger charge is -2.35. The van der Waals surface area contributed by atoms with Gasteiger partial charge in [0.1, 0.15) is 0 Å². The Bertz CT molecular complexity index is 831. The summed E-state index contributed by atoms with van der Waals surface area (Å²) in [4.78, 5) is 26.8. The summed E-state index contributed by atoms with van der Waals surface area (Å²) < 4.78 is 31.6. The van der Waals surface area contributed by atoms with Gasteiger partial charge in [0.2, 0.25) is 15.9 Å². The molecule has 0 spiro atoms. The molecule has 168 valence electrons. The van der Waals surface area contributed by atoms with Crippen molar-refractivity contribution < 1.29 is 22.7 Å². The summed E-state index contributed by atoms with van der Waals surface area (Å²) in [6.45, 7) is 8.53. The van der Waals surface area contributed by atoms with Crippen molar-refractivity contribution in [3.8, 4) is 0 Å². The first kappa shape index (κ1) is 24.3. The van der Waals surface area contributed by atoms with E-state index in [1.165, 1.54) is 0 Å². The minimum absolute atomic E-state index is 0.00870. The van der Waals surface area contributed by atoms with Gasteiger partial charge in [-0.15, -0.1) is 0 Å². The molecule has 1 aromatic rings. The van der Waals surface area contributed by atoms with Gasteiger partial charge in [-0.1, -0.05) is 6.07 Å². The van der Waals surface area contributed by atoms with E-state index in [0.717, 1.165) is 0 Å². The van der Waals surface area contributed by atoms with Crippen LogP contribution in [0.3, 0.4) is 0 Å². The molecule has 1 fully saturated rings. The first-order valence-corrected chi connectivity index (χ1v) is 12.0. The van der Waals surface area contributed by atoms with E-state index in [1.54, 1.807) is 43.0 Å².